The van der Waals surface area contributed by atoms with Gasteiger partial charge in [-0.3, -0.25) is 4.90 Å². The van der Waals surface area contributed by atoms with Gasteiger partial charge in [0.05, 0.1) is 42.3 Å². The number of rotatable bonds is 10. The van der Waals surface area contributed by atoms with Crippen LogP contribution in [0.2, 0.25) is 0 Å². The number of ether oxygens (including phenoxy) is 1. The zero-order chi connectivity index (χ0) is 29.9. The van der Waals surface area contributed by atoms with E-state index in [0.29, 0.717) is 24.5 Å². The number of aryl methyl sites for hydroxylation is 1. The quantitative estimate of drug-likeness (QED) is 0.256. The van der Waals surface area contributed by atoms with Crippen molar-refractivity contribution >= 4 is 11.6 Å². The van der Waals surface area contributed by atoms with Gasteiger partial charge in [-0.15, -0.1) is 0 Å². The van der Waals surface area contributed by atoms with Crippen molar-refractivity contribution in [3.63, 3.8) is 0 Å². The van der Waals surface area contributed by atoms with Crippen molar-refractivity contribution in [2.75, 3.05) is 13.1 Å². The van der Waals surface area contributed by atoms with Crippen LogP contribution in [0.5, 0.6) is 5.88 Å². The molecule has 0 bridgehead atoms. The van der Waals surface area contributed by atoms with Gasteiger partial charge >= 0.3 is 5.97 Å². The molecule has 6 rings (SSSR count). The summed E-state index contributed by atoms with van der Waals surface area (Å²) in [5.41, 5.74) is 3.54. The molecule has 12 heteroatoms. The third-order valence-corrected chi connectivity index (χ3v) is 7.97. The maximum Gasteiger partial charge on any atom is 0.337 e. The highest BCUT2D eigenvalue weighted by Gasteiger charge is 2.25. The number of carboxylic acids is 1. The fourth-order valence-electron chi connectivity index (χ4n) is 5.58. The summed E-state index contributed by atoms with van der Waals surface area (Å²) >= 11 is 0. The molecule has 1 aliphatic rings. The van der Waals surface area contributed by atoms with Crippen LogP contribution in [0.15, 0.2) is 61.2 Å². The average Bonchev–Trinajstić information content (AvgIpc) is 3.73. The van der Waals surface area contributed by atoms with Crippen LogP contribution in [0, 0.1) is 17.1 Å². The first-order valence-electron chi connectivity index (χ1n) is 14.2. The van der Waals surface area contributed by atoms with Crippen LogP contribution in [0.1, 0.15) is 64.4 Å². The van der Waals surface area contributed by atoms with Crippen LogP contribution in [-0.4, -0.2) is 57.8 Å². The number of benzene rings is 1. The summed E-state index contributed by atoms with van der Waals surface area (Å²) in [7, 11) is 0. The number of carboxylic acid groups (broad SMARTS) is 1. The Labute approximate surface area is 247 Å². The molecule has 0 radical (unpaired) electrons. The zero-order valence-corrected chi connectivity index (χ0v) is 23.7. The Morgan fingerprint density at radius 1 is 1.19 bits per heavy atom. The van der Waals surface area contributed by atoms with E-state index in [4.69, 9.17) is 20.1 Å². The topological polar surface area (TPSA) is 127 Å². The molecule has 1 aromatic carbocycles. The van der Waals surface area contributed by atoms with Crippen LogP contribution in [-0.2, 0) is 26.2 Å². The second-order valence-electron chi connectivity index (χ2n) is 10.7. The van der Waals surface area contributed by atoms with Crippen LogP contribution in [0.4, 0.5) is 4.39 Å². The van der Waals surface area contributed by atoms with Crippen molar-refractivity contribution in [3.05, 3.63) is 101 Å². The lowest BCUT2D eigenvalue weighted by Crippen LogP contribution is -2.33. The minimum atomic E-state index is -0.983. The Kier molecular flexibility index (Phi) is 7.89. The molecule has 0 unspecified atom stereocenters. The number of imidazole rings is 1. The number of aromatic carboxylic acids is 1. The maximum absolute atomic E-state index is 14.3. The Hall–Kier alpha value is -5.02. The average molecular weight is 583 g/mol. The summed E-state index contributed by atoms with van der Waals surface area (Å²) in [5.74, 6) is 0.105. The molecule has 11 nitrogen and oxygen atoms in total. The lowest BCUT2D eigenvalue weighted by atomic mass is 9.93. The number of halogens is 1. The molecular formula is C31H31FN8O3. The highest BCUT2D eigenvalue weighted by atomic mass is 19.1. The molecule has 43 heavy (non-hydrogen) atoms. The van der Waals surface area contributed by atoms with E-state index in [1.165, 1.54) is 6.07 Å². The van der Waals surface area contributed by atoms with Gasteiger partial charge in [-0.2, -0.15) is 10.4 Å². The van der Waals surface area contributed by atoms with Crippen LogP contribution < -0.4 is 4.74 Å². The van der Waals surface area contributed by atoms with Gasteiger partial charge in [-0.25, -0.2) is 23.7 Å². The molecule has 1 fully saturated rings. The molecular weight excluding hydrogens is 551 g/mol. The van der Waals surface area contributed by atoms with Crippen molar-refractivity contribution in [1.29, 1.82) is 5.26 Å². The third-order valence-electron chi connectivity index (χ3n) is 7.97. The highest BCUT2D eigenvalue weighted by molar-refractivity contribution is 5.89. The minimum Gasteiger partial charge on any atom is -0.478 e. The van der Waals surface area contributed by atoms with Crippen LogP contribution in [0.3, 0.4) is 0 Å². The van der Waals surface area contributed by atoms with E-state index in [-0.39, 0.29) is 23.7 Å². The van der Waals surface area contributed by atoms with Crippen molar-refractivity contribution in [2.45, 2.75) is 51.9 Å². The van der Waals surface area contributed by atoms with Gasteiger partial charge in [0, 0.05) is 42.2 Å². The molecule has 1 N–H and O–H groups in total. The van der Waals surface area contributed by atoms with Gasteiger partial charge in [0.15, 0.2) is 0 Å². The smallest absolute Gasteiger partial charge is 0.337 e. The van der Waals surface area contributed by atoms with Gasteiger partial charge in [0.2, 0.25) is 5.88 Å². The van der Waals surface area contributed by atoms with Crippen molar-refractivity contribution in [3.8, 4) is 11.9 Å². The number of piperidine rings is 1. The van der Waals surface area contributed by atoms with Gasteiger partial charge in [-0.1, -0.05) is 12.1 Å². The Bertz CT molecular complexity index is 1810. The number of carbonyl (C=O) groups is 1. The Balaban J connectivity index is 1.12. The second kappa shape index (κ2) is 12.1. The van der Waals surface area contributed by atoms with E-state index in [1.807, 2.05) is 24.4 Å². The summed E-state index contributed by atoms with van der Waals surface area (Å²) in [6, 6.07) is 13.6. The number of aromatic nitrogens is 6. The molecule has 5 aromatic rings. The third kappa shape index (κ3) is 5.98. The number of likely N-dealkylation sites (tertiary alicyclic amines) is 1. The Morgan fingerprint density at radius 3 is 2.77 bits per heavy atom. The molecule has 0 spiro atoms. The molecule has 220 valence electrons. The van der Waals surface area contributed by atoms with Crippen LogP contribution >= 0.6 is 0 Å². The maximum atomic E-state index is 14.3. The number of hydrogen-bond donors (Lipinski definition) is 1. The largest absolute Gasteiger partial charge is 0.478 e. The molecule has 0 aliphatic carbocycles. The number of pyridine rings is 1. The minimum absolute atomic E-state index is 0.0285. The number of fused-ring (bicyclic) bond motifs is 1. The lowest BCUT2D eigenvalue weighted by molar-refractivity contribution is 0.0697. The van der Waals surface area contributed by atoms with E-state index in [9.17, 15) is 14.3 Å². The predicted octanol–water partition coefficient (Wildman–Crippen LogP) is 4.46. The van der Waals surface area contributed by atoms with E-state index >= 15 is 0 Å². The van der Waals surface area contributed by atoms with E-state index in [2.05, 4.69) is 25.9 Å². The van der Waals surface area contributed by atoms with E-state index in [1.54, 1.807) is 41.3 Å². The summed E-state index contributed by atoms with van der Waals surface area (Å²) < 4.78 is 25.8. The molecule has 1 saturated heterocycles. The van der Waals surface area contributed by atoms with E-state index < -0.39 is 11.8 Å². The molecule has 0 amide bonds. The van der Waals surface area contributed by atoms with Gasteiger partial charge in [-0.05, 0) is 57.1 Å². The summed E-state index contributed by atoms with van der Waals surface area (Å²) in [5, 5.41) is 23.2. The van der Waals surface area contributed by atoms with Gasteiger partial charge in [0.25, 0.3) is 0 Å². The van der Waals surface area contributed by atoms with Crippen molar-refractivity contribution < 1.29 is 19.0 Å². The standard InChI is InChI=1S/C31H31FN8O3/c1-2-38-20-34-15-25(38)17-39-28(36-40-16-24(31(41)42)13-30(39)40)18-37-10-8-22(9-11-37)27-4-3-5-29(35-27)43-19-23-7-6-21(14-33)12-26(23)32/h3-7,12-13,15-16,20,22H,2,8-11,17-19H2,1H3,(H,41,42). The number of nitriles is 1. The Morgan fingerprint density at radius 2 is 2.02 bits per heavy atom. The highest BCUT2D eigenvalue weighted by Crippen LogP contribution is 2.29. The number of nitrogens with zero attached hydrogens (tertiary/aromatic N) is 8. The van der Waals surface area contributed by atoms with Crippen molar-refractivity contribution in [1.82, 2.24) is 33.6 Å². The zero-order valence-electron chi connectivity index (χ0n) is 23.7. The normalized spacial score (nSPS) is 14.3. The monoisotopic (exact) mass is 582 g/mol. The first kappa shape index (κ1) is 28.1. The molecule has 0 atom stereocenters. The fourth-order valence-corrected chi connectivity index (χ4v) is 5.58. The second-order valence-corrected chi connectivity index (χ2v) is 10.7. The van der Waals surface area contributed by atoms with E-state index in [0.717, 1.165) is 55.3 Å². The lowest BCUT2D eigenvalue weighted by Gasteiger charge is -2.31. The fraction of sp³-hybridized carbons (Fsp3) is 0.323. The molecule has 1 aliphatic heterocycles. The van der Waals surface area contributed by atoms with Gasteiger partial charge in [0.1, 0.15) is 23.9 Å². The van der Waals surface area contributed by atoms with Gasteiger partial charge < -0.3 is 19.0 Å². The SMILES string of the molecule is CCn1cncc1Cn1c(CN2CCC(c3cccc(OCc4ccc(C#N)cc4F)n3)CC2)nn2cc(C(=O)O)cc12. The number of hydrogen-bond acceptors (Lipinski definition) is 7. The summed E-state index contributed by atoms with van der Waals surface area (Å²) in [4.78, 5) is 23.0. The predicted molar refractivity (Wildman–Crippen MR) is 154 cm³/mol. The first-order chi connectivity index (χ1) is 20.9. The summed E-state index contributed by atoms with van der Waals surface area (Å²) in [6.45, 7) is 5.74. The molecule has 5 heterocycles. The first-order valence-corrected chi connectivity index (χ1v) is 14.2. The van der Waals surface area contributed by atoms with Crippen molar-refractivity contribution in [2.24, 2.45) is 0 Å². The summed E-state index contributed by atoms with van der Waals surface area (Å²) in [6.07, 6.45) is 7.01. The molecule has 0 saturated carbocycles. The van der Waals surface area contributed by atoms with Crippen LogP contribution in [0.25, 0.3) is 5.65 Å². The molecule has 4 aromatic heterocycles.